The van der Waals surface area contributed by atoms with Gasteiger partial charge in [0, 0.05) is 22.4 Å². The summed E-state index contributed by atoms with van der Waals surface area (Å²) in [5, 5.41) is 8.76. The number of aromatic nitrogens is 1. The SMILES string of the molecule is Cc1ccc2c(n1)Oc1ccccc1C(c1ccc(C(=O)NO)cc1)=N2. The number of hydrogen-bond acceptors (Lipinski definition) is 5. The molecule has 6 heteroatoms. The van der Waals surface area contributed by atoms with Crippen LogP contribution in [0.25, 0.3) is 0 Å². The van der Waals surface area contributed by atoms with Crippen molar-refractivity contribution in [3.05, 3.63) is 83.0 Å². The molecule has 3 aromatic rings. The van der Waals surface area contributed by atoms with E-state index < -0.39 is 5.91 Å². The fourth-order valence-electron chi connectivity index (χ4n) is 2.79. The first-order valence-corrected chi connectivity index (χ1v) is 8.04. The Labute approximate surface area is 149 Å². The average Bonchev–Trinajstić information content (AvgIpc) is 2.83. The van der Waals surface area contributed by atoms with Gasteiger partial charge >= 0.3 is 0 Å². The Bertz CT molecular complexity index is 1030. The van der Waals surface area contributed by atoms with Gasteiger partial charge < -0.3 is 4.74 Å². The molecule has 0 fully saturated rings. The highest BCUT2D eigenvalue weighted by Gasteiger charge is 2.20. The van der Waals surface area contributed by atoms with Crippen LogP contribution in [0.4, 0.5) is 5.69 Å². The summed E-state index contributed by atoms with van der Waals surface area (Å²) in [7, 11) is 0. The van der Waals surface area contributed by atoms with E-state index in [1.54, 1.807) is 29.7 Å². The number of carbonyl (C=O) groups is 1. The molecular weight excluding hydrogens is 330 g/mol. The molecule has 0 bridgehead atoms. The summed E-state index contributed by atoms with van der Waals surface area (Å²) in [4.78, 5) is 20.7. The van der Waals surface area contributed by atoms with Gasteiger partial charge in [0.25, 0.3) is 5.91 Å². The number of pyridine rings is 1. The van der Waals surface area contributed by atoms with Gasteiger partial charge in [-0.15, -0.1) is 0 Å². The van der Waals surface area contributed by atoms with E-state index >= 15 is 0 Å². The maximum absolute atomic E-state index is 11.5. The summed E-state index contributed by atoms with van der Waals surface area (Å²) >= 11 is 0. The van der Waals surface area contributed by atoms with Crippen LogP contribution in [-0.4, -0.2) is 21.8 Å². The minimum Gasteiger partial charge on any atom is -0.436 e. The highest BCUT2D eigenvalue weighted by molar-refractivity contribution is 6.16. The highest BCUT2D eigenvalue weighted by Crippen LogP contribution is 2.37. The maximum atomic E-state index is 11.5. The third-order valence-electron chi connectivity index (χ3n) is 4.08. The number of ether oxygens (including phenoxy) is 1. The van der Waals surface area contributed by atoms with Gasteiger partial charge in [-0.05, 0) is 43.3 Å². The minimum atomic E-state index is -0.562. The molecule has 0 radical (unpaired) electrons. The Morgan fingerprint density at radius 3 is 2.58 bits per heavy atom. The fraction of sp³-hybridized carbons (Fsp3) is 0.0500. The number of nitrogens with one attached hydrogen (secondary N) is 1. The molecule has 1 aliphatic heterocycles. The third kappa shape index (κ3) is 2.82. The Hall–Kier alpha value is -3.51. The average molecular weight is 345 g/mol. The molecule has 1 aliphatic rings. The van der Waals surface area contributed by atoms with E-state index in [0.29, 0.717) is 22.9 Å². The van der Waals surface area contributed by atoms with Crippen LogP contribution >= 0.6 is 0 Å². The van der Waals surface area contributed by atoms with Crippen LogP contribution in [0.5, 0.6) is 11.6 Å². The number of benzene rings is 2. The van der Waals surface area contributed by atoms with Gasteiger partial charge in [0.2, 0.25) is 5.88 Å². The number of fused-ring (bicyclic) bond motifs is 2. The van der Waals surface area contributed by atoms with E-state index in [2.05, 4.69) is 4.98 Å². The Morgan fingerprint density at radius 2 is 1.81 bits per heavy atom. The van der Waals surface area contributed by atoms with Crippen molar-refractivity contribution in [3.63, 3.8) is 0 Å². The van der Waals surface area contributed by atoms with Crippen molar-refractivity contribution in [1.29, 1.82) is 0 Å². The zero-order valence-corrected chi connectivity index (χ0v) is 13.9. The van der Waals surface area contributed by atoms with E-state index in [4.69, 9.17) is 14.9 Å². The number of para-hydroxylation sites is 1. The largest absolute Gasteiger partial charge is 0.436 e. The number of nitrogens with zero attached hydrogens (tertiary/aromatic N) is 2. The van der Waals surface area contributed by atoms with Gasteiger partial charge in [-0.2, -0.15) is 0 Å². The molecule has 2 heterocycles. The second kappa shape index (κ2) is 6.42. The molecule has 2 N–H and O–H groups in total. The summed E-state index contributed by atoms with van der Waals surface area (Å²) in [5.41, 5.74) is 5.85. The predicted octanol–water partition coefficient (Wildman–Crippen LogP) is 3.78. The predicted molar refractivity (Wildman–Crippen MR) is 96.5 cm³/mol. The lowest BCUT2D eigenvalue weighted by molar-refractivity contribution is 0.0706. The van der Waals surface area contributed by atoms with Crippen LogP contribution in [-0.2, 0) is 0 Å². The van der Waals surface area contributed by atoms with E-state index in [1.165, 1.54) is 0 Å². The second-order valence-electron chi connectivity index (χ2n) is 5.85. The van der Waals surface area contributed by atoms with Crippen molar-refractivity contribution in [2.45, 2.75) is 6.92 Å². The number of aliphatic imine (C=N–C) groups is 1. The van der Waals surface area contributed by atoms with Gasteiger partial charge in [0.15, 0.2) is 0 Å². The molecule has 0 unspecified atom stereocenters. The first kappa shape index (κ1) is 16.0. The number of hydrogen-bond donors (Lipinski definition) is 2. The summed E-state index contributed by atoms with van der Waals surface area (Å²) in [5.74, 6) is 0.567. The van der Waals surface area contributed by atoms with E-state index in [9.17, 15) is 4.79 Å². The molecule has 0 spiro atoms. The summed E-state index contributed by atoms with van der Waals surface area (Å²) in [6.07, 6.45) is 0. The lowest BCUT2D eigenvalue weighted by Crippen LogP contribution is -2.18. The summed E-state index contributed by atoms with van der Waals surface area (Å²) < 4.78 is 5.99. The van der Waals surface area contributed by atoms with Gasteiger partial charge in [-0.3, -0.25) is 10.0 Å². The molecule has 2 aromatic carbocycles. The molecule has 1 aromatic heterocycles. The van der Waals surface area contributed by atoms with Crippen LogP contribution in [0.1, 0.15) is 27.2 Å². The Balaban J connectivity index is 1.87. The van der Waals surface area contributed by atoms with Gasteiger partial charge in [-0.1, -0.05) is 24.3 Å². The molecule has 26 heavy (non-hydrogen) atoms. The van der Waals surface area contributed by atoms with Crippen molar-refractivity contribution in [2.75, 3.05) is 0 Å². The molecule has 0 aliphatic carbocycles. The topological polar surface area (TPSA) is 83.8 Å². The standard InChI is InChI=1S/C20H15N3O3/c1-12-6-11-16-20(21-12)26-17-5-3-2-4-15(17)18(22-16)13-7-9-14(10-8-13)19(24)23-25/h2-11,25H,1H3,(H,23,24). The maximum Gasteiger partial charge on any atom is 0.274 e. The molecule has 0 saturated heterocycles. The second-order valence-corrected chi connectivity index (χ2v) is 5.85. The molecule has 0 atom stereocenters. The summed E-state index contributed by atoms with van der Waals surface area (Å²) in [6, 6.07) is 18.2. The summed E-state index contributed by atoms with van der Waals surface area (Å²) in [6.45, 7) is 1.90. The highest BCUT2D eigenvalue weighted by atomic mass is 16.5. The van der Waals surface area contributed by atoms with Crippen molar-refractivity contribution in [2.24, 2.45) is 4.99 Å². The van der Waals surface area contributed by atoms with Crippen LogP contribution in [0.3, 0.4) is 0 Å². The number of amides is 1. The van der Waals surface area contributed by atoms with Crippen LogP contribution in [0.15, 0.2) is 65.7 Å². The monoisotopic (exact) mass is 345 g/mol. The zero-order valence-electron chi connectivity index (χ0n) is 13.9. The van der Waals surface area contributed by atoms with E-state index in [1.807, 2.05) is 43.3 Å². The Morgan fingerprint density at radius 1 is 1.04 bits per heavy atom. The van der Waals surface area contributed by atoms with Crippen molar-refractivity contribution in [3.8, 4) is 11.6 Å². The first-order valence-electron chi connectivity index (χ1n) is 8.04. The molecule has 128 valence electrons. The first-order chi connectivity index (χ1) is 12.7. The quantitative estimate of drug-likeness (QED) is 0.428. The van der Waals surface area contributed by atoms with E-state index in [0.717, 1.165) is 22.5 Å². The number of carbonyl (C=O) groups excluding carboxylic acids is 1. The van der Waals surface area contributed by atoms with Gasteiger partial charge in [-0.25, -0.2) is 15.5 Å². The molecule has 1 amide bonds. The molecule has 4 rings (SSSR count). The molecule has 0 saturated carbocycles. The van der Waals surface area contributed by atoms with E-state index in [-0.39, 0.29) is 0 Å². The Kier molecular flexibility index (Phi) is 3.95. The minimum absolute atomic E-state index is 0.354. The van der Waals surface area contributed by atoms with Gasteiger partial charge in [0.05, 0.1) is 5.71 Å². The van der Waals surface area contributed by atoms with Crippen molar-refractivity contribution < 1.29 is 14.7 Å². The normalized spacial score (nSPS) is 12.2. The van der Waals surface area contributed by atoms with Crippen molar-refractivity contribution in [1.82, 2.24) is 10.5 Å². The molecular formula is C20H15N3O3. The van der Waals surface area contributed by atoms with Crippen LogP contribution in [0.2, 0.25) is 0 Å². The number of rotatable bonds is 2. The fourth-order valence-corrected chi connectivity index (χ4v) is 2.79. The van der Waals surface area contributed by atoms with Crippen LogP contribution in [0, 0.1) is 6.92 Å². The smallest absolute Gasteiger partial charge is 0.274 e. The van der Waals surface area contributed by atoms with Crippen LogP contribution < -0.4 is 10.2 Å². The number of hydroxylamine groups is 1. The third-order valence-corrected chi connectivity index (χ3v) is 4.08. The number of aryl methyl sites for hydroxylation is 1. The van der Waals surface area contributed by atoms with Crippen molar-refractivity contribution >= 4 is 17.3 Å². The lowest BCUT2D eigenvalue weighted by Gasteiger charge is -2.09. The van der Waals surface area contributed by atoms with Gasteiger partial charge in [0.1, 0.15) is 11.4 Å². The zero-order chi connectivity index (χ0) is 18.1. The molecule has 6 nitrogen and oxygen atoms in total. The lowest BCUT2D eigenvalue weighted by atomic mass is 10.00.